The van der Waals surface area contributed by atoms with Crippen molar-refractivity contribution in [3.05, 3.63) is 110 Å². The van der Waals surface area contributed by atoms with E-state index < -0.39 is 51.4 Å². The molecule has 1 fully saturated rings. The molecule has 0 spiro atoms. The standard InChI is InChI=1S/C30H22F3N3O4S2/c1-16-10-12-19(13-11-16)34-21(37)15-35-28-25(42-29(35)40)22(17-6-3-2-4-7-17)23-24(41-28)27(39)36(26(23)38)20-9-5-8-18(14-20)30(31,32)33/h2-14,22-24H,15H2,1H3,(H,34,37)/t22-,23?,24?/m0/s1. The van der Waals surface area contributed by atoms with E-state index in [0.29, 0.717) is 21.2 Å². The number of nitrogens with zero attached hydrogens (tertiary/aromatic N) is 2. The molecule has 7 nitrogen and oxygen atoms in total. The molecular formula is C30H22F3N3O4S2. The van der Waals surface area contributed by atoms with Gasteiger partial charge in [-0.25, -0.2) is 4.90 Å². The van der Waals surface area contributed by atoms with Crippen LogP contribution in [0.1, 0.15) is 27.5 Å². The molecule has 0 radical (unpaired) electrons. The summed E-state index contributed by atoms with van der Waals surface area (Å²) >= 11 is 1.90. The highest BCUT2D eigenvalue weighted by Crippen LogP contribution is 2.54. The molecular weight excluding hydrogens is 587 g/mol. The third-order valence-corrected chi connectivity index (χ3v) is 9.88. The molecule has 1 aromatic heterocycles. The smallest absolute Gasteiger partial charge is 0.325 e. The van der Waals surface area contributed by atoms with Crippen LogP contribution < -0.4 is 15.1 Å². The van der Waals surface area contributed by atoms with Gasteiger partial charge in [0.05, 0.1) is 22.2 Å². The number of fused-ring (bicyclic) bond motifs is 2. The Balaban J connectivity index is 1.39. The summed E-state index contributed by atoms with van der Waals surface area (Å²) in [7, 11) is 0. The van der Waals surface area contributed by atoms with Crippen LogP contribution in [-0.2, 0) is 27.1 Å². The van der Waals surface area contributed by atoms with Crippen molar-refractivity contribution in [3.63, 3.8) is 0 Å². The molecule has 4 aromatic rings. The topological polar surface area (TPSA) is 88.5 Å². The molecule has 2 unspecified atom stereocenters. The molecule has 214 valence electrons. The van der Waals surface area contributed by atoms with E-state index in [1.807, 2.05) is 19.1 Å². The molecule has 1 saturated heterocycles. The van der Waals surface area contributed by atoms with Gasteiger partial charge in [0.1, 0.15) is 11.8 Å². The lowest BCUT2D eigenvalue weighted by Gasteiger charge is -2.30. The van der Waals surface area contributed by atoms with Crippen molar-refractivity contribution in [3.8, 4) is 0 Å². The molecule has 0 saturated carbocycles. The first-order valence-corrected chi connectivity index (χ1v) is 14.6. The van der Waals surface area contributed by atoms with Crippen LogP contribution in [0.3, 0.4) is 0 Å². The fourth-order valence-corrected chi connectivity index (χ4v) is 8.10. The van der Waals surface area contributed by atoms with E-state index in [0.717, 1.165) is 51.8 Å². The highest BCUT2D eigenvalue weighted by molar-refractivity contribution is 8.00. The summed E-state index contributed by atoms with van der Waals surface area (Å²) < 4.78 is 41.7. The minimum absolute atomic E-state index is 0.167. The summed E-state index contributed by atoms with van der Waals surface area (Å²) in [6, 6.07) is 20.2. The Morgan fingerprint density at radius 1 is 0.929 bits per heavy atom. The third-order valence-electron chi connectivity index (χ3n) is 7.28. The summed E-state index contributed by atoms with van der Waals surface area (Å²) in [5.74, 6) is -3.42. The molecule has 12 heteroatoms. The number of benzene rings is 3. The molecule has 6 rings (SSSR count). The highest BCUT2D eigenvalue weighted by atomic mass is 32.2. The van der Waals surface area contributed by atoms with Gasteiger partial charge >= 0.3 is 11.0 Å². The summed E-state index contributed by atoms with van der Waals surface area (Å²) in [4.78, 5) is 54.7. The van der Waals surface area contributed by atoms with E-state index in [2.05, 4.69) is 5.32 Å². The maximum Gasteiger partial charge on any atom is 0.416 e. The van der Waals surface area contributed by atoms with E-state index >= 15 is 0 Å². The second kappa shape index (κ2) is 10.6. The number of carbonyl (C=O) groups is 3. The predicted octanol–water partition coefficient (Wildman–Crippen LogP) is 5.67. The number of amides is 3. The zero-order chi connectivity index (χ0) is 29.8. The fourth-order valence-electron chi connectivity index (χ4n) is 5.33. The van der Waals surface area contributed by atoms with Crippen molar-refractivity contribution in [1.29, 1.82) is 0 Å². The number of hydrogen-bond donors (Lipinski definition) is 1. The first-order chi connectivity index (χ1) is 20.0. The number of hydrogen-bond acceptors (Lipinski definition) is 6. The summed E-state index contributed by atoms with van der Waals surface area (Å²) in [6.07, 6.45) is -4.66. The number of thioether (sulfide) groups is 1. The average Bonchev–Trinajstić information content (AvgIpc) is 3.40. The number of rotatable bonds is 5. The third kappa shape index (κ3) is 4.94. The average molecular weight is 610 g/mol. The van der Waals surface area contributed by atoms with Gasteiger partial charge < -0.3 is 5.32 Å². The van der Waals surface area contributed by atoms with Crippen molar-refractivity contribution in [1.82, 2.24) is 4.57 Å². The van der Waals surface area contributed by atoms with E-state index in [1.54, 1.807) is 42.5 Å². The van der Waals surface area contributed by atoms with Crippen LogP contribution in [0.15, 0.2) is 88.7 Å². The zero-order valence-electron chi connectivity index (χ0n) is 21.9. The van der Waals surface area contributed by atoms with Crippen LogP contribution in [0.25, 0.3) is 0 Å². The summed E-state index contributed by atoms with van der Waals surface area (Å²) in [6.45, 7) is 1.60. The second-order valence-corrected chi connectivity index (χ2v) is 12.2. The molecule has 3 heterocycles. The molecule has 2 aliphatic heterocycles. The molecule has 0 aliphatic carbocycles. The van der Waals surface area contributed by atoms with E-state index in [-0.39, 0.29) is 12.2 Å². The Morgan fingerprint density at radius 2 is 1.64 bits per heavy atom. The number of alkyl halides is 3. The van der Waals surface area contributed by atoms with Gasteiger partial charge in [0, 0.05) is 16.5 Å². The quantitative estimate of drug-likeness (QED) is 0.295. The van der Waals surface area contributed by atoms with Crippen LogP contribution in [0, 0.1) is 12.8 Å². The van der Waals surface area contributed by atoms with E-state index in [4.69, 9.17) is 0 Å². The van der Waals surface area contributed by atoms with Crippen LogP contribution >= 0.6 is 23.1 Å². The molecule has 1 N–H and O–H groups in total. The zero-order valence-corrected chi connectivity index (χ0v) is 23.6. The maximum atomic E-state index is 13.9. The minimum atomic E-state index is -4.66. The van der Waals surface area contributed by atoms with E-state index in [1.165, 1.54) is 10.6 Å². The highest BCUT2D eigenvalue weighted by Gasteiger charge is 2.57. The SMILES string of the molecule is Cc1ccc(NC(=O)Cn2c3c(sc2=O)[C@@H](c2ccccc2)C2C(=O)N(c4cccc(C(F)(F)F)c4)C(=O)C2S3)cc1. The minimum Gasteiger partial charge on any atom is -0.325 e. The Bertz CT molecular complexity index is 1770. The molecule has 0 bridgehead atoms. The van der Waals surface area contributed by atoms with Gasteiger partial charge in [0.25, 0.3) is 0 Å². The maximum absolute atomic E-state index is 13.9. The first-order valence-electron chi connectivity index (χ1n) is 12.9. The number of thiazole rings is 1. The van der Waals surface area contributed by atoms with Crippen LogP contribution in [0.2, 0.25) is 0 Å². The van der Waals surface area contributed by atoms with Crippen molar-refractivity contribution in [2.45, 2.75) is 35.8 Å². The number of nitrogens with one attached hydrogen (secondary N) is 1. The molecule has 3 amide bonds. The fraction of sp³-hybridized carbons (Fsp3) is 0.200. The number of aryl methyl sites for hydroxylation is 1. The summed E-state index contributed by atoms with van der Waals surface area (Å²) in [5, 5.41) is 2.15. The Labute approximate surface area is 246 Å². The van der Waals surface area contributed by atoms with Crippen LogP contribution in [-0.4, -0.2) is 27.5 Å². The van der Waals surface area contributed by atoms with Crippen molar-refractivity contribution >= 4 is 52.2 Å². The van der Waals surface area contributed by atoms with Gasteiger partial charge in [-0.15, -0.1) is 0 Å². The van der Waals surface area contributed by atoms with Crippen LogP contribution in [0.4, 0.5) is 24.5 Å². The van der Waals surface area contributed by atoms with Gasteiger partial charge in [-0.3, -0.25) is 23.7 Å². The number of anilines is 2. The molecule has 3 atom stereocenters. The summed E-state index contributed by atoms with van der Waals surface area (Å²) in [5.41, 5.74) is 1.11. The lowest BCUT2D eigenvalue weighted by atomic mass is 9.83. The van der Waals surface area contributed by atoms with Crippen molar-refractivity contribution in [2.75, 3.05) is 10.2 Å². The van der Waals surface area contributed by atoms with Gasteiger partial charge in [-0.2, -0.15) is 13.2 Å². The van der Waals surface area contributed by atoms with Gasteiger partial charge in [0.2, 0.25) is 17.7 Å². The monoisotopic (exact) mass is 609 g/mol. The van der Waals surface area contributed by atoms with Gasteiger partial charge in [0.15, 0.2) is 0 Å². The molecule has 42 heavy (non-hydrogen) atoms. The molecule has 2 aliphatic rings. The van der Waals surface area contributed by atoms with Crippen molar-refractivity contribution in [2.24, 2.45) is 5.92 Å². The van der Waals surface area contributed by atoms with Gasteiger partial charge in [-0.1, -0.05) is 77.2 Å². The first kappa shape index (κ1) is 28.0. The number of aromatic nitrogens is 1. The predicted molar refractivity (Wildman–Crippen MR) is 154 cm³/mol. The largest absolute Gasteiger partial charge is 0.416 e. The van der Waals surface area contributed by atoms with E-state index in [9.17, 15) is 32.3 Å². The lowest BCUT2D eigenvalue weighted by Crippen LogP contribution is -2.33. The Kier molecular flexibility index (Phi) is 7.06. The number of halogens is 3. The number of carbonyl (C=O) groups excluding carboxylic acids is 3. The molecule has 3 aromatic carbocycles. The Hall–Kier alpha value is -4.16. The normalized spacial score (nSPS) is 19.9. The number of imide groups is 1. The second-order valence-electron chi connectivity index (χ2n) is 10.1. The van der Waals surface area contributed by atoms with Crippen LogP contribution in [0.5, 0.6) is 0 Å². The van der Waals surface area contributed by atoms with Gasteiger partial charge in [-0.05, 0) is 42.8 Å². The lowest BCUT2D eigenvalue weighted by molar-refractivity contribution is -0.137. The van der Waals surface area contributed by atoms with Crippen molar-refractivity contribution < 1.29 is 27.6 Å². The Morgan fingerprint density at radius 3 is 2.33 bits per heavy atom.